The molecule has 0 spiro atoms. The van der Waals surface area contributed by atoms with Crippen LogP contribution in [0.5, 0.6) is 0 Å². The highest BCUT2D eigenvalue weighted by atomic mass is 16.5. The highest BCUT2D eigenvalue weighted by Crippen LogP contribution is 2.21. The van der Waals surface area contributed by atoms with Gasteiger partial charge in [0, 0.05) is 0 Å². The van der Waals surface area contributed by atoms with Crippen LogP contribution in [-0.4, -0.2) is 27.8 Å². The van der Waals surface area contributed by atoms with Crippen LogP contribution < -0.4 is 5.73 Å². The lowest BCUT2D eigenvalue weighted by Gasteiger charge is -2.09. The number of esters is 1. The van der Waals surface area contributed by atoms with Crippen LogP contribution >= 0.6 is 0 Å². The molecule has 6 heteroatoms. The molecule has 2 rings (SSSR count). The number of aromatic nitrogens is 3. The summed E-state index contributed by atoms with van der Waals surface area (Å²) < 4.78 is 6.11. The van der Waals surface area contributed by atoms with Crippen molar-refractivity contribution in [1.82, 2.24) is 14.8 Å². The molecular formula is C10H10N4O2. The number of carbonyl (C=O) groups excluding carboxylic acids is 1. The van der Waals surface area contributed by atoms with Crippen LogP contribution in [0.3, 0.4) is 0 Å². The van der Waals surface area contributed by atoms with Gasteiger partial charge in [-0.05, 0) is 12.1 Å². The summed E-state index contributed by atoms with van der Waals surface area (Å²) in [6.45, 7) is 0. The molecule has 2 aromatic rings. The third-order valence-electron chi connectivity index (χ3n) is 2.12. The van der Waals surface area contributed by atoms with E-state index in [9.17, 15) is 4.79 Å². The van der Waals surface area contributed by atoms with E-state index in [0.717, 1.165) is 0 Å². The molecule has 16 heavy (non-hydrogen) atoms. The number of para-hydroxylation sites is 1. The molecule has 0 saturated carbocycles. The Morgan fingerprint density at radius 2 is 2.31 bits per heavy atom. The van der Waals surface area contributed by atoms with Gasteiger partial charge in [0.05, 0.1) is 18.4 Å². The van der Waals surface area contributed by atoms with Gasteiger partial charge in [0.25, 0.3) is 0 Å². The van der Waals surface area contributed by atoms with Crippen LogP contribution in [-0.2, 0) is 4.74 Å². The van der Waals surface area contributed by atoms with Crippen molar-refractivity contribution in [2.24, 2.45) is 0 Å². The van der Waals surface area contributed by atoms with Crippen molar-refractivity contribution in [2.45, 2.75) is 0 Å². The summed E-state index contributed by atoms with van der Waals surface area (Å²) in [5, 5.41) is 3.94. The normalized spacial score (nSPS) is 10.1. The maximum atomic E-state index is 11.5. The van der Waals surface area contributed by atoms with Crippen LogP contribution in [0.1, 0.15) is 10.4 Å². The zero-order valence-corrected chi connectivity index (χ0v) is 8.62. The Morgan fingerprint density at radius 1 is 1.50 bits per heavy atom. The topological polar surface area (TPSA) is 83.0 Å². The van der Waals surface area contributed by atoms with E-state index in [1.807, 2.05) is 0 Å². The first-order valence-corrected chi connectivity index (χ1v) is 4.56. The third-order valence-corrected chi connectivity index (χ3v) is 2.12. The molecule has 0 aliphatic heterocycles. The van der Waals surface area contributed by atoms with E-state index in [1.165, 1.54) is 24.4 Å². The number of hydrogen-bond donors (Lipinski definition) is 1. The highest BCUT2D eigenvalue weighted by molar-refractivity contribution is 5.95. The first kappa shape index (κ1) is 10.2. The van der Waals surface area contributed by atoms with Crippen LogP contribution in [0.25, 0.3) is 5.69 Å². The SMILES string of the molecule is COC(=O)c1cccc(N)c1-n1cncn1. The van der Waals surface area contributed by atoms with Crippen LogP contribution in [0.2, 0.25) is 0 Å². The van der Waals surface area contributed by atoms with Gasteiger partial charge in [-0.15, -0.1) is 0 Å². The summed E-state index contributed by atoms with van der Waals surface area (Å²) in [4.78, 5) is 15.4. The number of nitrogens with zero attached hydrogens (tertiary/aromatic N) is 3. The summed E-state index contributed by atoms with van der Waals surface area (Å²) >= 11 is 0. The number of anilines is 1. The van der Waals surface area contributed by atoms with E-state index in [1.54, 1.807) is 18.2 Å². The molecular weight excluding hydrogens is 208 g/mol. The second kappa shape index (κ2) is 4.01. The molecule has 0 bridgehead atoms. The minimum absolute atomic E-state index is 0.355. The predicted molar refractivity (Wildman–Crippen MR) is 57.1 cm³/mol. The van der Waals surface area contributed by atoms with Crippen molar-refractivity contribution in [3.05, 3.63) is 36.4 Å². The molecule has 0 fully saturated rings. The second-order valence-corrected chi connectivity index (χ2v) is 3.08. The molecule has 1 aromatic heterocycles. The van der Waals surface area contributed by atoms with E-state index < -0.39 is 5.97 Å². The van der Waals surface area contributed by atoms with E-state index >= 15 is 0 Å². The quantitative estimate of drug-likeness (QED) is 0.590. The zero-order valence-electron chi connectivity index (χ0n) is 8.62. The van der Waals surface area contributed by atoms with Gasteiger partial charge in [0.2, 0.25) is 0 Å². The third kappa shape index (κ3) is 1.60. The molecule has 0 atom stereocenters. The van der Waals surface area contributed by atoms with E-state index in [2.05, 4.69) is 14.8 Å². The second-order valence-electron chi connectivity index (χ2n) is 3.08. The summed E-state index contributed by atoms with van der Waals surface area (Å²) in [7, 11) is 1.32. The monoisotopic (exact) mass is 218 g/mol. The van der Waals surface area contributed by atoms with Crippen molar-refractivity contribution >= 4 is 11.7 Å². The Balaban J connectivity index is 2.62. The largest absolute Gasteiger partial charge is 0.465 e. The van der Waals surface area contributed by atoms with Gasteiger partial charge in [-0.1, -0.05) is 6.07 Å². The van der Waals surface area contributed by atoms with E-state index in [-0.39, 0.29) is 0 Å². The van der Waals surface area contributed by atoms with Gasteiger partial charge < -0.3 is 10.5 Å². The van der Waals surface area contributed by atoms with Gasteiger partial charge >= 0.3 is 5.97 Å². The van der Waals surface area contributed by atoms with Crippen molar-refractivity contribution < 1.29 is 9.53 Å². The van der Waals surface area contributed by atoms with E-state index in [0.29, 0.717) is 16.9 Å². The lowest BCUT2D eigenvalue weighted by molar-refractivity contribution is 0.0600. The van der Waals surface area contributed by atoms with Crippen molar-refractivity contribution in [1.29, 1.82) is 0 Å². The van der Waals surface area contributed by atoms with Crippen LogP contribution in [0, 0.1) is 0 Å². The molecule has 1 aromatic carbocycles. The number of benzene rings is 1. The van der Waals surface area contributed by atoms with Gasteiger partial charge in [-0.25, -0.2) is 14.5 Å². The molecule has 0 radical (unpaired) electrons. The molecule has 2 N–H and O–H groups in total. The average Bonchev–Trinajstić information content (AvgIpc) is 2.81. The lowest BCUT2D eigenvalue weighted by atomic mass is 10.1. The lowest BCUT2D eigenvalue weighted by Crippen LogP contribution is -2.10. The average molecular weight is 218 g/mol. The summed E-state index contributed by atoms with van der Waals surface area (Å²) in [5.74, 6) is -0.460. The number of hydrogen-bond acceptors (Lipinski definition) is 5. The van der Waals surface area contributed by atoms with Gasteiger partial charge in [0.1, 0.15) is 18.3 Å². The molecule has 0 amide bonds. The predicted octanol–water partition coefficient (Wildman–Crippen LogP) is 0.636. The maximum Gasteiger partial charge on any atom is 0.340 e. The smallest absolute Gasteiger partial charge is 0.340 e. The Labute approximate surface area is 91.7 Å². The fourth-order valence-electron chi connectivity index (χ4n) is 1.42. The first-order valence-electron chi connectivity index (χ1n) is 4.56. The van der Waals surface area contributed by atoms with Crippen LogP contribution in [0.15, 0.2) is 30.9 Å². The number of carbonyl (C=O) groups is 1. The molecule has 0 saturated heterocycles. The number of methoxy groups -OCH3 is 1. The minimum atomic E-state index is -0.460. The molecule has 6 nitrogen and oxygen atoms in total. The Kier molecular flexibility index (Phi) is 2.55. The van der Waals surface area contributed by atoms with Gasteiger partial charge in [-0.3, -0.25) is 0 Å². The maximum absolute atomic E-state index is 11.5. The van der Waals surface area contributed by atoms with Crippen molar-refractivity contribution in [3.63, 3.8) is 0 Å². The minimum Gasteiger partial charge on any atom is -0.465 e. The van der Waals surface area contributed by atoms with Crippen molar-refractivity contribution in [2.75, 3.05) is 12.8 Å². The van der Waals surface area contributed by atoms with Crippen LogP contribution in [0.4, 0.5) is 5.69 Å². The Morgan fingerprint density at radius 3 is 2.94 bits per heavy atom. The van der Waals surface area contributed by atoms with Gasteiger partial charge in [0.15, 0.2) is 0 Å². The number of rotatable bonds is 2. The summed E-state index contributed by atoms with van der Waals surface area (Å²) in [6.07, 6.45) is 2.84. The molecule has 1 heterocycles. The standard InChI is InChI=1S/C10H10N4O2/c1-16-10(15)7-3-2-4-8(11)9(7)14-6-12-5-13-14/h2-6H,11H2,1H3. The number of nitrogen functional groups attached to an aromatic ring is 1. The zero-order chi connectivity index (χ0) is 11.5. The highest BCUT2D eigenvalue weighted by Gasteiger charge is 2.15. The summed E-state index contributed by atoms with van der Waals surface area (Å²) in [6, 6.07) is 4.99. The Hall–Kier alpha value is -2.37. The molecule has 0 unspecified atom stereocenters. The fourth-order valence-corrected chi connectivity index (χ4v) is 1.42. The van der Waals surface area contributed by atoms with Crippen molar-refractivity contribution in [3.8, 4) is 5.69 Å². The number of nitrogens with two attached hydrogens (primary N) is 1. The van der Waals surface area contributed by atoms with Gasteiger partial charge in [-0.2, -0.15) is 5.10 Å². The molecule has 0 aliphatic rings. The molecule has 0 aliphatic carbocycles. The fraction of sp³-hybridized carbons (Fsp3) is 0.100. The van der Waals surface area contributed by atoms with E-state index in [4.69, 9.17) is 5.73 Å². The Bertz CT molecular complexity index is 508. The molecule has 82 valence electrons. The number of ether oxygens (including phenoxy) is 1. The first-order chi connectivity index (χ1) is 7.74. The summed E-state index contributed by atoms with van der Waals surface area (Å²) in [5.41, 5.74) is 7.08.